The fraction of sp³-hybridized carbons (Fsp3) is 0.308. The average Bonchev–Trinajstić information content (AvgIpc) is 2.63. The van der Waals surface area contributed by atoms with Crippen LogP contribution in [0, 0.1) is 6.92 Å². The quantitative estimate of drug-likeness (QED) is 0.790. The molecule has 0 aliphatic carbocycles. The molecule has 0 spiro atoms. The van der Waals surface area contributed by atoms with Crippen LogP contribution in [0.4, 0.5) is 0 Å². The van der Waals surface area contributed by atoms with Crippen LogP contribution in [0.25, 0.3) is 11.0 Å². The van der Waals surface area contributed by atoms with Crippen LogP contribution in [0.5, 0.6) is 0 Å². The Bertz CT molecular complexity index is 660. The number of hydrogen-bond acceptors (Lipinski definition) is 3. The van der Waals surface area contributed by atoms with Gasteiger partial charge in [0.05, 0.1) is 11.0 Å². The number of fused-ring (bicyclic) bond motifs is 1. The molecule has 6 heteroatoms. The molecule has 1 aromatic carbocycles. The largest absolute Gasteiger partial charge is 0.361 e. The number of aryl methyl sites for hydroxylation is 2. The van der Waals surface area contributed by atoms with Gasteiger partial charge in [-0.3, -0.25) is 9.59 Å². The lowest BCUT2D eigenvalue weighted by atomic mass is 10.2. The number of benzene rings is 1. The molecule has 100 valence electrons. The Morgan fingerprint density at radius 2 is 2.11 bits per heavy atom. The van der Waals surface area contributed by atoms with E-state index in [0.717, 1.165) is 22.4 Å². The summed E-state index contributed by atoms with van der Waals surface area (Å²) >= 11 is 0. The molecule has 19 heavy (non-hydrogen) atoms. The first-order chi connectivity index (χ1) is 8.90. The van der Waals surface area contributed by atoms with E-state index in [1.165, 1.54) is 4.90 Å². The number of amides is 2. The zero-order valence-electron chi connectivity index (χ0n) is 11.2. The number of carbonyl (C=O) groups excluding carboxylic acids is 2. The molecule has 2 N–H and O–H groups in total. The molecule has 0 radical (unpaired) electrons. The van der Waals surface area contributed by atoms with Gasteiger partial charge < -0.3 is 15.2 Å². The van der Waals surface area contributed by atoms with Crippen LogP contribution in [0.3, 0.4) is 0 Å². The lowest BCUT2D eigenvalue weighted by Gasteiger charge is -2.14. The van der Waals surface area contributed by atoms with Crippen molar-refractivity contribution in [3.8, 4) is 0 Å². The van der Waals surface area contributed by atoms with Gasteiger partial charge in [0, 0.05) is 20.6 Å². The number of primary amides is 1. The second-order valence-corrected chi connectivity index (χ2v) is 4.57. The molecule has 1 aromatic heterocycles. The van der Waals surface area contributed by atoms with Gasteiger partial charge in [-0.1, -0.05) is 6.07 Å². The molecule has 0 atom stereocenters. The predicted octanol–water partition coefficient (Wildman–Crippen LogP) is 0.325. The molecule has 2 amide bonds. The van der Waals surface area contributed by atoms with E-state index in [2.05, 4.69) is 4.98 Å². The molecule has 0 bridgehead atoms. The first-order valence-corrected chi connectivity index (χ1v) is 5.87. The summed E-state index contributed by atoms with van der Waals surface area (Å²) in [5.74, 6) is -0.719. The summed E-state index contributed by atoms with van der Waals surface area (Å²) in [5, 5.41) is 0. The van der Waals surface area contributed by atoms with Crippen molar-refractivity contribution in [2.45, 2.75) is 13.5 Å². The van der Waals surface area contributed by atoms with Gasteiger partial charge in [0.15, 0.2) is 0 Å². The van der Waals surface area contributed by atoms with Crippen molar-refractivity contribution < 1.29 is 9.59 Å². The smallest absolute Gasteiger partial charge is 0.311 e. The zero-order chi connectivity index (χ0) is 14.2. The van der Waals surface area contributed by atoms with Crippen molar-refractivity contribution in [3.05, 3.63) is 29.6 Å². The van der Waals surface area contributed by atoms with Gasteiger partial charge in [-0.2, -0.15) is 0 Å². The van der Waals surface area contributed by atoms with E-state index < -0.39 is 11.8 Å². The van der Waals surface area contributed by atoms with Crippen LogP contribution in [-0.4, -0.2) is 33.3 Å². The maximum Gasteiger partial charge on any atom is 0.311 e. The van der Waals surface area contributed by atoms with E-state index in [-0.39, 0.29) is 0 Å². The van der Waals surface area contributed by atoms with Crippen molar-refractivity contribution in [2.75, 3.05) is 7.05 Å². The van der Waals surface area contributed by atoms with E-state index in [0.29, 0.717) is 6.54 Å². The van der Waals surface area contributed by atoms with Crippen molar-refractivity contribution in [1.82, 2.24) is 14.5 Å². The Morgan fingerprint density at radius 1 is 1.42 bits per heavy atom. The summed E-state index contributed by atoms with van der Waals surface area (Å²) in [6.45, 7) is 2.26. The molecular formula is C13H16N4O2. The third-order valence-electron chi connectivity index (χ3n) is 3.15. The normalized spacial score (nSPS) is 10.7. The minimum atomic E-state index is -0.947. The number of nitrogens with two attached hydrogens (primary N) is 1. The second-order valence-electron chi connectivity index (χ2n) is 4.57. The van der Waals surface area contributed by atoms with E-state index in [1.807, 2.05) is 36.7 Å². The summed E-state index contributed by atoms with van der Waals surface area (Å²) in [6, 6.07) is 5.77. The molecule has 0 fully saturated rings. The molecule has 2 rings (SSSR count). The third kappa shape index (κ3) is 2.42. The van der Waals surface area contributed by atoms with Gasteiger partial charge in [-0.25, -0.2) is 4.98 Å². The number of carbonyl (C=O) groups is 2. The van der Waals surface area contributed by atoms with E-state index in [1.54, 1.807) is 7.05 Å². The van der Waals surface area contributed by atoms with Crippen LogP contribution >= 0.6 is 0 Å². The third-order valence-corrected chi connectivity index (χ3v) is 3.15. The fourth-order valence-corrected chi connectivity index (χ4v) is 2.00. The molecule has 2 aromatic rings. The highest BCUT2D eigenvalue weighted by molar-refractivity contribution is 6.34. The summed E-state index contributed by atoms with van der Waals surface area (Å²) in [4.78, 5) is 27.9. The lowest BCUT2D eigenvalue weighted by molar-refractivity contribution is -0.143. The van der Waals surface area contributed by atoms with Gasteiger partial charge >= 0.3 is 11.8 Å². The molecule has 0 saturated carbocycles. The molecule has 0 aliphatic rings. The zero-order valence-corrected chi connectivity index (χ0v) is 11.2. The molecule has 0 aliphatic heterocycles. The fourth-order valence-electron chi connectivity index (χ4n) is 2.00. The van der Waals surface area contributed by atoms with Gasteiger partial charge in [0.2, 0.25) is 0 Å². The minimum Gasteiger partial charge on any atom is -0.361 e. The number of likely N-dealkylation sites (N-methyl/N-ethyl adjacent to an activating group) is 1. The number of aromatic nitrogens is 2. The summed E-state index contributed by atoms with van der Waals surface area (Å²) < 4.78 is 2.00. The topological polar surface area (TPSA) is 81.2 Å². The Balaban J connectivity index is 2.27. The maximum atomic E-state index is 11.4. The number of hydrogen-bond donors (Lipinski definition) is 1. The van der Waals surface area contributed by atoms with Crippen LogP contribution in [-0.2, 0) is 23.2 Å². The highest BCUT2D eigenvalue weighted by Crippen LogP contribution is 2.17. The molecule has 6 nitrogen and oxygen atoms in total. The number of nitrogens with zero attached hydrogens (tertiary/aromatic N) is 3. The van der Waals surface area contributed by atoms with Crippen LogP contribution < -0.4 is 5.73 Å². The van der Waals surface area contributed by atoms with Crippen LogP contribution in [0.15, 0.2) is 18.2 Å². The summed E-state index contributed by atoms with van der Waals surface area (Å²) in [6.07, 6.45) is 0. The molecule has 0 unspecified atom stereocenters. The summed E-state index contributed by atoms with van der Waals surface area (Å²) in [5.41, 5.74) is 7.77. The first-order valence-electron chi connectivity index (χ1n) is 5.87. The minimum absolute atomic E-state index is 0.327. The SMILES string of the molecule is Cc1nc2cc(CN(C)C(=O)C(N)=O)ccc2n1C. The van der Waals surface area contributed by atoms with Crippen molar-refractivity contribution in [3.63, 3.8) is 0 Å². The molecule has 0 saturated heterocycles. The highest BCUT2D eigenvalue weighted by atomic mass is 16.2. The van der Waals surface area contributed by atoms with Crippen molar-refractivity contribution in [1.29, 1.82) is 0 Å². The monoisotopic (exact) mass is 260 g/mol. The van der Waals surface area contributed by atoms with Gasteiger partial charge in [-0.05, 0) is 24.6 Å². The number of rotatable bonds is 2. The van der Waals surface area contributed by atoms with E-state index in [9.17, 15) is 9.59 Å². The molecular weight excluding hydrogens is 244 g/mol. The van der Waals surface area contributed by atoms with Crippen molar-refractivity contribution in [2.24, 2.45) is 12.8 Å². The Hall–Kier alpha value is -2.37. The van der Waals surface area contributed by atoms with Crippen LogP contribution in [0.2, 0.25) is 0 Å². The Labute approximate surface area is 110 Å². The predicted molar refractivity (Wildman–Crippen MR) is 71.1 cm³/mol. The Morgan fingerprint density at radius 3 is 2.74 bits per heavy atom. The van der Waals surface area contributed by atoms with Crippen molar-refractivity contribution >= 4 is 22.8 Å². The van der Waals surface area contributed by atoms with Crippen LogP contribution in [0.1, 0.15) is 11.4 Å². The van der Waals surface area contributed by atoms with E-state index in [4.69, 9.17) is 5.73 Å². The first kappa shape index (κ1) is 13.1. The number of imidazole rings is 1. The van der Waals surface area contributed by atoms with E-state index >= 15 is 0 Å². The summed E-state index contributed by atoms with van der Waals surface area (Å²) in [7, 11) is 3.49. The Kier molecular flexibility index (Phi) is 3.25. The highest BCUT2D eigenvalue weighted by Gasteiger charge is 2.15. The van der Waals surface area contributed by atoms with Gasteiger partial charge in [-0.15, -0.1) is 0 Å². The standard InChI is InChI=1S/C13H16N4O2/c1-8-15-10-6-9(4-5-11(10)17(8)3)7-16(2)13(19)12(14)18/h4-6H,7H2,1-3H3,(H2,14,18). The van der Waals surface area contributed by atoms with Gasteiger partial charge in [0.25, 0.3) is 0 Å². The lowest BCUT2D eigenvalue weighted by Crippen LogP contribution is -2.37. The molecule has 1 heterocycles. The van der Waals surface area contributed by atoms with Gasteiger partial charge in [0.1, 0.15) is 5.82 Å². The maximum absolute atomic E-state index is 11.4. The average molecular weight is 260 g/mol. The second kappa shape index (κ2) is 4.72.